The normalized spacial score (nSPS) is 23.9. The second-order valence-corrected chi connectivity index (χ2v) is 10.1. The Morgan fingerprint density at radius 3 is 1.85 bits per heavy atom. The zero-order chi connectivity index (χ0) is 28.6. The average Bonchev–Trinajstić information content (AvgIpc) is 3.27. The summed E-state index contributed by atoms with van der Waals surface area (Å²) in [6.07, 6.45) is -0.354. The number of aliphatic hydroxyl groups excluding tert-OH is 1. The van der Waals surface area contributed by atoms with Gasteiger partial charge >= 0.3 is 0 Å². The zero-order valence-electron chi connectivity index (χ0n) is 22.8. The number of imide groups is 1. The van der Waals surface area contributed by atoms with E-state index in [0.717, 1.165) is 17.5 Å². The van der Waals surface area contributed by atoms with Crippen LogP contribution in [-0.2, 0) is 32.2 Å². The lowest BCUT2D eigenvalue weighted by molar-refractivity contribution is -0.296. The summed E-state index contributed by atoms with van der Waals surface area (Å²) in [5.41, 5.74) is 2.46. The highest BCUT2D eigenvalue weighted by atomic mass is 16.7. The van der Waals surface area contributed by atoms with E-state index in [0.29, 0.717) is 24.2 Å². The highest BCUT2D eigenvalue weighted by Gasteiger charge is 2.55. The molecule has 0 unspecified atom stereocenters. The predicted molar refractivity (Wildman–Crippen MR) is 152 cm³/mol. The number of hydrogen-bond acceptors (Lipinski definition) is 7. The summed E-state index contributed by atoms with van der Waals surface area (Å²) < 4.78 is 25.3. The van der Waals surface area contributed by atoms with E-state index < -0.39 is 42.5 Å². The molecule has 8 heteroatoms. The molecule has 0 aromatic heterocycles. The summed E-state index contributed by atoms with van der Waals surface area (Å²) in [6.45, 7) is 4.10. The summed E-state index contributed by atoms with van der Waals surface area (Å²) in [5, 5.41) is 10.4. The molecule has 0 bridgehead atoms. The molecular weight excluding hydrogens is 522 g/mol. The number of aliphatic hydroxyl groups is 1. The smallest absolute Gasteiger partial charge is 0.262 e. The van der Waals surface area contributed by atoms with Crippen LogP contribution in [0.25, 0.3) is 0 Å². The molecule has 2 amide bonds. The van der Waals surface area contributed by atoms with E-state index in [9.17, 15) is 14.7 Å². The van der Waals surface area contributed by atoms with E-state index in [4.69, 9.17) is 18.9 Å². The molecule has 2 aliphatic heterocycles. The number of carbonyl (C=O) groups is 2. The summed E-state index contributed by atoms with van der Waals surface area (Å²) in [4.78, 5) is 28.6. The van der Waals surface area contributed by atoms with Crippen LogP contribution in [0.4, 0.5) is 0 Å². The van der Waals surface area contributed by atoms with Crippen molar-refractivity contribution in [2.75, 3.05) is 13.2 Å². The lowest BCUT2D eigenvalue weighted by Gasteiger charge is -2.48. The Bertz CT molecular complexity index is 1280. The first-order valence-corrected chi connectivity index (χ1v) is 13.9. The van der Waals surface area contributed by atoms with Crippen molar-refractivity contribution < 1.29 is 33.6 Å². The molecule has 0 radical (unpaired) electrons. The molecule has 5 rings (SSSR count). The van der Waals surface area contributed by atoms with Crippen LogP contribution >= 0.6 is 0 Å². The van der Waals surface area contributed by atoms with Gasteiger partial charge in [0.1, 0.15) is 24.4 Å². The third-order valence-electron chi connectivity index (χ3n) is 7.32. The quantitative estimate of drug-likeness (QED) is 0.188. The van der Waals surface area contributed by atoms with Gasteiger partial charge in [0.25, 0.3) is 11.8 Å². The highest BCUT2D eigenvalue weighted by molar-refractivity contribution is 6.21. The number of fused-ring (bicyclic) bond motifs is 1. The lowest BCUT2D eigenvalue weighted by Crippen LogP contribution is -2.67. The van der Waals surface area contributed by atoms with E-state index in [-0.39, 0.29) is 19.8 Å². The summed E-state index contributed by atoms with van der Waals surface area (Å²) in [5.74, 6) is -0.895. The maximum absolute atomic E-state index is 13.7. The van der Waals surface area contributed by atoms with Gasteiger partial charge < -0.3 is 24.1 Å². The van der Waals surface area contributed by atoms with Gasteiger partial charge in [-0.15, -0.1) is 6.58 Å². The standard InChI is InChI=1S/C33H35NO7/c1-2-3-12-19-38-33-28(34-31(36)25-17-10-11-18-26(25)32(34)37)30(40-22-24-15-8-5-9-16-24)29(27(20-35)41-33)39-21-23-13-6-4-7-14-23/h2,4-11,13-18,27-30,33,35H,1,3,12,19-22H2/t27-,28-,29-,30-,33-/m1/s1. The maximum atomic E-state index is 13.7. The molecule has 5 atom stereocenters. The van der Waals surface area contributed by atoms with Gasteiger partial charge in [0, 0.05) is 0 Å². The molecule has 1 saturated heterocycles. The van der Waals surface area contributed by atoms with E-state index >= 15 is 0 Å². The Kier molecular flexibility index (Phi) is 9.71. The van der Waals surface area contributed by atoms with Gasteiger partial charge in [-0.05, 0) is 36.1 Å². The molecule has 0 saturated carbocycles. The van der Waals surface area contributed by atoms with Crippen LogP contribution in [-0.4, -0.2) is 65.7 Å². The maximum Gasteiger partial charge on any atom is 0.262 e. The number of hydrogen-bond donors (Lipinski definition) is 1. The van der Waals surface area contributed by atoms with Crippen LogP contribution in [0.15, 0.2) is 97.6 Å². The van der Waals surface area contributed by atoms with Crippen LogP contribution in [0.1, 0.15) is 44.7 Å². The highest BCUT2D eigenvalue weighted by Crippen LogP contribution is 2.36. The topological polar surface area (TPSA) is 94.5 Å². The Morgan fingerprint density at radius 1 is 0.780 bits per heavy atom. The van der Waals surface area contributed by atoms with Crippen molar-refractivity contribution >= 4 is 11.8 Å². The van der Waals surface area contributed by atoms with Crippen molar-refractivity contribution in [1.29, 1.82) is 0 Å². The van der Waals surface area contributed by atoms with Crippen molar-refractivity contribution in [3.05, 3.63) is 120 Å². The van der Waals surface area contributed by atoms with E-state index in [2.05, 4.69) is 6.58 Å². The zero-order valence-corrected chi connectivity index (χ0v) is 22.8. The van der Waals surface area contributed by atoms with E-state index in [1.165, 1.54) is 4.90 Å². The third-order valence-corrected chi connectivity index (χ3v) is 7.32. The van der Waals surface area contributed by atoms with Crippen LogP contribution in [0, 0.1) is 0 Å². The molecule has 1 N–H and O–H groups in total. The molecule has 41 heavy (non-hydrogen) atoms. The lowest BCUT2D eigenvalue weighted by atomic mass is 9.94. The third kappa shape index (κ3) is 6.48. The van der Waals surface area contributed by atoms with Crippen LogP contribution in [0.3, 0.4) is 0 Å². The van der Waals surface area contributed by atoms with Gasteiger partial charge in [0.05, 0.1) is 37.6 Å². The van der Waals surface area contributed by atoms with Crippen LogP contribution in [0.5, 0.6) is 0 Å². The number of carbonyl (C=O) groups excluding carboxylic acids is 2. The minimum absolute atomic E-state index is 0.192. The van der Waals surface area contributed by atoms with Gasteiger partial charge in [0.2, 0.25) is 0 Å². The Hall–Kier alpha value is -3.66. The fourth-order valence-electron chi connectivity index (χ4n) is 5.28. The van der Waals surface area contributed by atoms with Gasteiger partial charge in [-0.1, -0.05) is 78.9 Å². The summed E-state index contributed by atoms with van der Waals surface area (Å²) in [6, 6.07) is 25.0. The van der Waals surface area contributed by atoms with Crippen molar-refractivity contribution in [3.8, 4) is 0 Å². The van der Waals surface area contributed by atoms with E-state index in [1.54, 1.807) is 30.3 Å². The van der Waals surface area contributed by atoms with Gasteiger partial charge in [-0.2, -0.15) is 0 Å². The van der Waals surface area contributed by atoms with Crippen LogP contribution in [0.2, 0.25) is 0 Å². The number of nitrogens with zero attached hydrogens (tertiary/aromatic N) is 1. The number of ether oxygens (including phenoxy) is 4. The minimum Gasteiger partial charge on any atom is -0.394 e. The fraction of sp³-hybridized carbons (Fsp3) is 0.333. The number of benzene rings is 3. The molecule has 1 fully saturated rings. The Balaban J connectivity index is 1.51. The molecule has 0 aliphatic carbocycles. The monoisotopic (exact) mass is 557 g/mol. The first-order valence-electron chi connectivity index (χ1n) is 13.9. The molecule has 0 spiro atoms. The molecule has 214 valence electrons. The number of rotatable bonds is 13. The van der Waals surface area contributed by atoms with Gasteiger partial charge in [-0.3, -0.25) is 14.5 Å². The first kappa shape index (κ1) is 28.9. The number of allylic oxidation sites excluding steroid dienone is 1. The Labute approximate surface area is 240 Å². The largest absolute Gasteiger partial charge is 0.394 e. The second kappa shape index (κ2) is 13.8. The summed E-state index contributed by atoms with van der Waals surface area (Å²) in [7, 11) is 0. The number of amides is 2. The Morgan fingerprint density at radius 2 is 1.32 bits per heavy atom. The van der Waals surface area contributed by atoms with Gasteiger partial charge in [-0.25, -0.2) is 0 Å². The van der Waals surface area contributed by atoms with E-state index in [1.807, 2.05) is 60.7 Å². The molecule has 3 aromatic carbocycles. The SMILES string of the molecule is C=CCCCO[C@@H]1O[C@H](CO)[C@@H](OCc2ccccc2)[C@H](OCc2ccccc2)[C@H]1N1C(=O)c2ccccc2C1=O. The molecule has 2 aliphatic rings. The van der Waals surface area contributed by atoms with Crippen molar-refractivity contribution in [1.82, 2.24) is 4.90 Å². The molecule has 3 aromatic rings. The predicted octanol–water partition coefficient (Wildman–Crippen LogP) is 4.52. The number of unbranched alkanes of at least 4 members (excludes halogenated alkanes) is 1. The molecular formula is C33H35NO7. The average molecular weight is 558 g/mol. The van der Waals surface area contributed by atoms with Crippen molar-refractivity contribution in [2.24, 2.45) is 0 Å². The fourth-order valence-corrected chi connectivity index (χ4v) is 5.28. The molecule has 8 nitrogen and oxygen atoms in total. The van der Waals surface area contributed by atoms with Gasteiger partial charge in [0.15, 0.2) is 6.29 Å². The van der Waals surface area contributed by atoms with Crippen molar-refractivity contribution in [2.45, 2.75) is 56.7 Å². The minimum atomic E-state index is -1.04. The second-order valence-electron chi connectivity index (χ2n) is 10.1. The van der Waals surface area contributed by atoms with Crippen LogP contribution < -0.4 is 0 Å². The first-order chi connectivity index (χ1) is 20.1. The summed E-state index contributed by atoms with van der Waals surface area (Å²) >= 11 is 0. The molecule has 2 heterocycles. The van der Waals surface area contributed by atoms with Crippen molar-refractivity contribution in [3.63, 3.8) is 0 Å².